The first-order valence-corrected chi connectivity index (χ1v) is 5.50. The van der Waals surface area contributed by atoms with Crippen molar-refractivity contribution in [3.05, 3.63) is 29.1 Å². The Kier molecular flexibility index (Phi) is 4.51. The van der Waals surface area contributed by atoms with Crippen molar-refractivity contribution in [2.24, 2.45) is 0 Å². The number of nitrogens with one attached hydrogen (secondary N) is 1. The number of ether oxygens (including phenoxy) is 1. The van der Waals surface area contributed by atoms with E-state index in [2.05, 4.69) is 16.5 Å². The van der Waals surface area contributed by atoms with Gasteiger partial charge in [0.05, 0.1) is 0 Å². The van der Waals surface area contributed by atoms with E-state index in [1.807, 2.05) is 0 Å². The van der Waals surface area contributed by atoms with Gasteiger partial charge in [0.1, 0.15) is 10.6 Å². The average Bonchev–Trinajstić information content (AvgIpc) is 2.17. The summed E-state index contributed by atoms with van der Waals surface area (Å²) in [6.07, 6.45) is 1.60. The Bertz CT molecular complexity index is 428. The number of H-pyrrole nitrogens is 1. The van der Waals surface area contributed by atoms with Crippen LogP contribution in [0, 0.1) is 4.64 Å². The lowest BCUT2D eigenvalue weighted by molar-refractivity contribution is -0.136. The number of aromatic amines is 1. The lowest BCUT2D eigenvalue weighted by atomic mass is 10.4. The lowest BCUT2D eigenvalue weighted by Gasteiger charge is -2.02. The summed E-state index contributed by atoms with van der Waals surface area (Å²) in [5.74, 6) is -0.217. The third-order valence-corrected chi connectivity index (χ3v) is 2.34. The van der Waals surface area contributed by atoms with Gasteiger partial charge in [-0.1, -0.05) is 18.8 Å². The molecule has 80 valence electrons. The van der Waals surface area contributed by atoms with Crippen molar-refractivity contribution in [3.8, 4) is 0 Å². The Hall–Kier alpha value is -1.14. The maximum Gasteiger partial charge on any atom is 0.333 e. The highest BCUT2D eigenvalue weighted by Gasteiger charge is 2.03. The van der Waals surface area contributed by atoms with Crippen LogP contribution in [0.1, 0.15) is 6.92 Å². The quantitative estimate of drug-likeness (QED) is 0.219. The highest BCUT2D eigenvalue weighted by Crippen LogP contribution is 2.12. The van der Waals surface area contributed by atoms with E-state index in [0.29, 0.717) is 15.4 Å². The molecule has 0 radical (unpaired) electrons. The zero-order valence-electron chi connectivity index (χ0n) is 8.15. The number of carbonyl (C=O) groups excluding carboxylic acids is 1. The van der Waals surface area contributed by atoms with E-state index in [1.165, 1.54) is 11.8 Å². The van der Waals surface area contributed by atoms with E-state index >= 15 is 0 Å². The van der Waals surface area contributed by atoms with Crippen molar-refractivity contribution < 1.29 is 9.53 Å². The number of hydrogen-bond acceptors (Lipinski definition) is 5. The van der Waals surface area contributed by atoms with Gasteiger partial charge in [0, 0.05) is 11.8 Å². The summed E-state index contributed by atoms with van der Waals surface area (Å²) in [6, 6.07) is 1.68. The topological polar surface area (TPSA) is 55.0 Å². The Labute approximate surface area is 96.8 Å². The van der Waals surface area contributed by atoms with Crippen LogP contribution in [-0.4, -0.2) is 21.9 Å². The zero-order valence-corrected chi connectivity index (χ0v) is 9.78. The Morgan fingerprint density at radius 3 is 3.13 bits per heavy atom. The van der Waals surface area contributed by atoms with Gasteiger partial charge in [0.15, 0.2) is 5.16 Å². The molecule has 0 atom stereocenters. The van der Waals surface area contributed by atoms with Gasteiger partial charge >= 0.3 is 5.97 Å². The van der Waals surface area contributed by atoms with Crippen molar-refractivity contribution in [2.75, 3.05) is 5.94 Å². The second kappa shape index (κ2) is 5.67. The molecule has 1 aromatic rings. The SMILES string of the molecule is C=C(C)C(=O)OCSc1nccc(=S)[nH]1. The first kappa shape index (κ1) is 11.9. The van der Waals surface area contributed by atoms with Crippen LogP contribution in [0.2, 0.25) is 0 Å². The third kappa shape index (κ3) is 4.26. The maximum atomic E-state index is 11.0. The van der Waals surface area contributed by atoms with Crippen LogP contribution in [0.25, 0.3) is 0 Å². The van der Waals surface area contributed by atoms with Gasteiger partial charge in [-0.15, -0.1) is 0 Å². The smallest absolute Gasteiger partial charge is 0.333 e. The van der Waals surface area contributed by atoms with Crippen LogP contribution in [0.4, 0.5) is 0 Å². The molecule has 0 bridgehead atoms. The third-order valence-electron chi connectivity index (χ3n) is 1.38. The Morgan fingerprint density at radius 2 is 2.53 bits per heavy atom. The molecule has 1 N–H and O–H groups in total. The summed E-state index contributed by atoms with van der Waals surface area (Å²) in [4.78, 5) is 17.9. The van der Waals surface area contributed by atoms with Crippen LogP contribution in [0.15, 0.2) is 29.6 Å². The molecule has 6 heteroatoms. The molecule has 0 aliphatic carbocycles. The fourth-order valence-corrected chi connectivity index (χ4v) is 1.50. The standard InChI is InChI=1S/C9H10N2O2S2/c1-6(2)8(12)13-5-15-9-10-4-3-7(14)11-9/h3-4H,1,5H2,2H3,(H,10,11,14). The van der Waals surface area contributed by atoms with E-state index in [1.54, 1.807) is 19.2 Å². The highest BCUT2D eigenvalue weighted by molar-refractivity contribution is 7.99. The fourth-order valence-electron chi connectivity index (χ4n) is 0.687. The summed E-state index contributed by atoms with van der Waals surface area (Å²) in [6.45, 7) is 5.07. The van der Waals surface area contributed by atoms with Crippen LogP contribution in [-0.2, 0) is 9.53 Å². The summed E-state index contributed by atoms with van der Waals surface area (Å²) in [7, 11) is 0. The molecule has 0 aliphatic rings. The minimum absolute atomic E-state index is 0.188. The monoisotopic (exact) mass is 242 g/mol. The predicted molar refractivity (Wildman–Crippen MR) is 61.1 cm³/mol. The number of esters is 1. The van der Waals surface area contributed by atoms with Crippen molar-refractivity contribution in [2.45, 2.75) is 12.1 Å². The Balaban J connectivity index is 2.41. The molecule has 0 fully saturated rings. The summed E-state index contributed by atoms with van der Waals surface area (Å²) in [5.41, 5.74) is 0.379. The minimum Gasteiger partial charge on any atom is -0.451 e. The summed E-state index contributed by atoms with van der Waals surface area (Å²) >= 11 is 6.18. The van der Waals surface area contributed by atoms with E-state index < -0.39 is 5.97 Å². The van der Waals surface area contributed by atoms with Gasteiger partial charge in [0.2, 0.25) is 0 Å². The molecule has 0 amide bonds. The zero-order chi connectivity index (χ0) is 11.3. The number of aromatic nitrogens is 2. The molecule has 0 aromatic carbocycles. The molecule has 1 aromatic heterocycles. The van der Waals surface area contributed by atoms with E-state index in [-0.39, 0.29) is 5.94 Å². The van der Waals surface area contributed by atoms with Crippen LogP contribution in [0.3, 0.4) is 0 Å². The molecule has 0 saturated heterocycles. The molecule has 0 aliphatic heterocycles. The second-order valence-corrected chi connectivity index (χ2v) is 4.06. The first-order valence-electron chi connectivity index (χ1n) is 4.10. The highest BCUT2D eigenvalue weighted by atomic mass is 32.2. The molecular formula is C9H10N2O2S2. The van der Waals surface area contributed by atoms with Crippen molar-refractivity contribution >= 4 is 29.9 Å². The molecule has 4 nitrogen and oxygen atoms in total. The number of nitrogens with zero attached hydrogens (tertiary/aromatic N) is 1. The van der Waals surface area contributed by atoms with Crippen LogP contribution >= 0.6 is 24.0 Å². The van der Waals surface area contributed by atoms with Crippen LogP contribution < -0.4 is 0 Å². The van der Waals surface area contributed by atoms with Crippen molar-refractivity contribution in [1.29, 1.82) is 0 Å². The first-order chi connectivity index (χ1) is 7.09. The van der Waals surface area contributed by atoms with Gasteiger partial charge < -0.3 is 9.72 Å². The van der Waals surface area contributed by atoms with Gasteiger partial charge in [-0.3, -0.25) is 0 Å². The predicted octanol–water partition coefficient (Wildman–Crippen LogP) is 2.31. The summed E-state index contributed by atoms with van der Waals surface area (Å²) < 4.78 is 5.47. The molecule has 0 unspecified atom stereocenters. The normalized spacial score (nSPS) is 9.67. The number of thioether (sulfide) groups is 1. The number of hydrogen-bond donors (Lipinski definition) is 1. The number of carbonyl (C=O) groups is 1. The largest absolute Gasteiger partial charge is 0.451 e. The number of rotatable bonds is 4. The summed E-state index contributed by atoms with van der Waals surface area (Å²) in [5, 5.41) is 0.622. The molecule has 1 rings (SSSR count). The van der Waals surface area contributed by atoms with E-state index in [9.17, 15) is 4.79 Å². The molecule has 1 heterocycles. The van der Waals surface area contributed by atoms with E-state index in [0.717, 1.165) is 0 Å². The average molecular weight is 242 g/mol. The van der Waals surface area contributed by atoms with E-state index in [4.69, 9.17) is 17.0 Å². The Morgan fingerprint density at radius 1 is 1.80 bits per heavy atom. The minimum atomic E-state index is -0.406. The molecule has 0 saturated carbocycles. The van der Waals surface area contributed by atoms with Gasteiger partial charge in [-0.05, 0) is 24.8 Å². The van der Waals surface area contributed by atoms with Crippen LogP contribution in [0.5, 0.6) is 0 Å². The van der Waals surface area contributed by atoms with Crippen molar-refractivity contribution in [1.82, 2.24) is 9.97 Å². The van der Waals surface area contributed by atoms with Gasteiger partial charge in [-0.2, -0.15) is 0 Å². The molecular weight excluding hydrogens is 232 g/mol. The molecule has 0 spiro atoms. The van der Waals surface area contributed by atoms with Gasteiger partial charge in [-0.25, -0.2) is 9.78 Å². The second-order valence-electron chi connectivity index (χ2n) is 2.71. The van der Waals surface area contributed by atoms with Gasteiger partial charge in [0.25, 0.3) is 0 Å². The fraction of sp³-hybridized carbons (Fsp3) is 0.222. The maximum absolute atomic E-state index is 11.0. The lowest BCUT2D eigenvalue weighted by Crippen LogP contribution is -2.04. The van der Waals surface area contributed by atoms with Crippen molar-refractivity contribution in [3.63, 3.8) is 0 Å². The molecule has 15 heavy (non-hydrogen) atoms.